The first-order chi connectivity index (χ1) is 12.0. The number of hydrogen-bond acceptors (Lipinski definition) is 5. The van der Waals surface area contributed by atoms with Crippen LogP contribution < -0.4 is 0 Å². The van der Waals surface area contributed by atoms with Crippen LogP contribution in [0.1, 0.15) is 12.0 Å². The first-order valence-corrected chi connectivity index (χ1v) is 9.16. The molecule has 1 aliphatic heterocycles. The van der Waals surface area contributed by atoms with Crippen molar-refractivity contribution in [2.45, 2.75) is 19.1 Å². The SMILES string of the molecule is O=C(CC1C=CS(=O)(=O)C1)N(Cc1ccccc1[N+](=O)[O-])CC(F)(F)F. The minimum Gasteiger partial charge on any atom is -0.329 e. The van der Waals surface area contributed by atoms with Gasteiger partial charge in [-0.3, -0.25) is 14.9 Å². The van der Waals surface area contributed by atoms with Gasteiger partial charge in [0.1, 0.15) is 6.54 Å². The Bertz CT molecular complexity index is 836. The first kappa shape index (κ1) is 19.9. The number of hydrogen-bond donors (Lipinski definition) is 0. The third kappa shape index (κ3) is 5.55. The van der Waals surface area contributed by atoms with E-state index in [1.54, 1.807) is 0 Å². The van der Waals surface area contributed by atoms with E-state index in [2.05, 4.69) is 0 Å². The number of carbonyl (C=O) groups is 1. The second-order valence-electron chi connectivity index (χ2n) is 5.87. The topological polar surface area (TPSA) is 97.6 Å². The van der Waals surface area contributed by atoms with Crippen LogP contribution in [0.2, 0.25) is 0 Å². The largest absolute Gasteiger partial charge is 0.406 e. The van der Waals surface area contributed by atoms with Crippen molar-refractivity contribution in [2.75, 3.05) is 12.3 Å². The Hall–Kier alpha value is -2.43. The fraction of sp³-hybridized carbons (Fsp3) is 0.400. The zero-order valence-electron chi connectivity index (χ0n) is 13.3. The van der Waals surface area contributed by atoms with Crippen molar-refractivity contribution in [1.82, 2.24) is 4.90 Å². The van der Waals surface area contributed by atoms with Crippen molar-refractivity contribution in [3.63, 3.8) is 0 Å². The Morgan fingerprint density at radius 1 is 1.31 bits per heavy atom. The van der Waals surface area contributed by atoms with Gasteiger partial charge in [0.05, 0.1) is 17.2 Å². The molecule has 142 valence electrons. The quantitative estimate of drug-likeness (QED) is 0.547. The summed E-state index contributed by atoms with van der Waals surface area (Å²) in [6, 6.07) is 5.20. The number of carbonyl (C=O) groups excluding carboxylic acids is 1. The van der Waals surface area contributed by atoms with Crippen molar-refractivity contribution in [3.05, 3.63) is 51.4 Å². The van der Waals surface area contributed by atoms with Crippen molar-refractivity contribution in [3.8, 4) is 0 Å². The van der Waals surface area contributed by atoms with Gasteiger partial charge in [-0.25, -0.2) is 8.42 Å². The van der Waals surface area contributed by atoms with E-state index < -0.39 is 58.0 Å². The highest BCUT2D eigenvalue weighted by Crippen LogP contribution is 2.25. The number of rotatable bonds is 6. The van der Waals surface area contributed by atoms with Crippen molar-refractivity contribution >= 4 is 21.4 Å². The zero-order chi connectivity index (χ0) is 19.5. The molecular formula is C15H15F3N2O5S. The molecule has 7 nitrogen and oxygen atoms in total. The molecule has 0 saturated carbocycles. The van der Waals surface area contributed by atoms with Crippen molar-refractivity contribution in [1.29, 1.82) is 0 Å². The van der Waals surface area contributed by atoms with E-state index in [0.717, 1.165) is 11.5 Å². The smallest absolute Gasteiger partial charge is 0.329 e. The van der Waals surface area contributed by atoms with Crippen LogP contribution in [0.5, 0.6) is 0 Å². The summed E-state index contributed by atoms with van der Waals surface area (Å²) in [5, 5.41) is 11.9. The molecular weight excluding hydrogens is 377 g/mol. The molecule has 0 spiro atoms. The second kappa shape index (κ2) is 7.44. The Morgan fingerprint density at radius 2 is 1.96 bits per heavy atom. The van der Waals surface area contributed by atoms with E-state index in [1.165, 1.54) is 24.3 Å². The Balaban J connectivity index is 2.20. The number of amides is 1. The lowest BCUT2D eigenvalue weighted by atomic mass is 10.1. The Kier molecular flexibility index (Phi) is 5.69. The number of nitro groups is 1. The lowest BCUT2D eigenvalue weighted by Crippen LogP contribution is -2.39. The minimum atomic E-state index is -4.70. The average Bonchev–Trinajstić information content (AvgIpc) is 2.84. The highest BCUT2D eigenvalue weighted by Gasteiger charge is 2.35. The number of nitro benzene ring substituents is 1. The Morgan fingerprint density at radius 3 is 2.50 bits per heavy atom. The van der Waals surface area contributed by atoms with Crippen molar-refractivity contribution in [2.24, 2.45) is 5.92 Å². The summed E-state index contributed by atoms with van der Waals surface area (Å²) in [4.78, 5) is 23.0. The molecule has 1 aromatic carbocycles. The number of allylic oxidation sites excluding steroid dienone is 1. The van der Waals surface area contributed by atoms with Gasteiger partial charge in [-0.1, -0.05) is 24.3 Å². The predicted molar refractivity (Wildman–Crippen MR) is 85.6 cm³/mol. The van der Waals surface area contributed by atoms with Gasteiger partial charge in [0.15, 0.2) is 9.84 Å². The van der Waals surface area contributed by atoms with Gasteiger partial charge in [-0.2, -0.15) is 13.2 Å². The highest BCUT2D eigenvalue weighted by molar-refractivity contribution is 7.94. The molecule has 0 N–H and O–H groups in total. The summed E-state index contributed by atoms with van der Waals surface area (Å²) in [5.74, 6) is -1.98. The first-order valence-electron chi connectivity index (χ1n) is 7.44. The minimum absolute atomic E-state index is 0.0373. The summed E-state index contributed by atoms with van der Waals surface area (Å²) in [5.41, 5.74) is -0.430. The summed E-state index contributed by atoms with van der Waals surface area (Å²) in [6.45, 7) is -2.18. The summed E-state index contributed by atoms with van der Waals surface area (Å²) >= 11 is 0. The molecule has 0 fully saturated rings. The van der Waals surface area contributed by atoms with Gasteiger partial charge in [-0.15, -0.1) is 0 Å². The average molecular weight is 392 g/mol. The summed E-state index contributed by atoms with van der Waals surface area (Å²) in [6.07, 6.45) is -3.85. The molecule has 2 rings (SSSR count). The molecule has 26 heavy (non-hydrogen) atoms. The molecule has 0 aromatic heterocycles. The van der Waals surface area contributed by atoms with Gasteiger partial charge in [0.2, 0.25) is 5.91 Å². The molecule has 1 heterocycles. The van der Waals surface area contributed by atoms with Crippen molar-refractivity contribution < 1.29 is 31.3 Å². The lowest BCUT2D eigenvalue weighted by molar-refractivity contribution is -0.385. The number of sulfone groups is 1. The molecule has 0 aliphatic carbocycles. The molecule has 0 bridgehead atoms. The van der Waals surface area contributed by atoms with Crippen LogP contribution in [0.3, 0.4) is 0 Å². The van der Waals surface area contributed by atoms with Gasteiger partial charge in [0.25, 0.3) is 5.69 Å². The van der Waals surface area contributed by atoms with Gasteiger partial charge >= 0.3 is 6.18 Å². The van der Waals surface area contributed by atoms with E-state index in [1.807, 2.05) is 0 Å². The van der Waals surface area contributed by atoms with Gasteiger partial charge in [0, 0.05) is 29.4 Å². The van der Waals surface area contributed by atoms with E-state index in [-0.39, 0.29) is 11.3 Å². The van der Waals surface area contributed by atoms with Gasteiger partial charge in [-0.05, 0) is 0 Å². The van der Waals surface area contributed by atoms with Crippen LogP contribution in [0.15, 0.2) is 35.7 Å². The standard InChI is InChI=1S/C15H15F3N2O5S/c16-15(17,18)10-19(8-12-3-1-2-4-13(12)20(22)23)14(21)7-11-5-6-26(24,25)9-11/h1-6,11H,7-10H2. The van der Waals surface area contributed by atoms with Crippen LogP contribution in [0.25, 0.3) is 0 Å². The van der Waals surface area contributed by atoms with E-state index in [0.29, 0.717) is 4.90 Å². The maximum Gasteiger partial charge on any atom is 0.406 e. The number of para-hydroxylation sites is 1. The normalized spacial score (nSPS) is 18.7. The molecule has 1 aromatic rings. The molecule has 1 aliphatic rings. The Labute approximate surface area is 147 Å². The fourth-order valence-electron chi connectivity index (χ4n) is 2.60. The predicted octanol–water partition coefficient (Wildman–Crippen LogP) is 2.43. The third-order valence-electron chi connectivity index (χ3n) is 3.71. The maximum absolute atomic E-state index is 12.8. The van der Waals surface area contributed by atoms with E-state index in [4.69, 9.17) is 0 Å². The van der Waals surface area contributed by atoms with Crippen LogP contribution in [0, 0.1) is 16.0 Å². The number of halogens is 3. The van der Waals surface area contributed by atoms with Crippen LogP contribution in [-0.4, -0.2) is 42.6 Å². The van der Waals surface area contributed by atoms with E-state index >= 15 is 0 Å². The number of nitrogens with zero attached hydrogens (tertiary/aromatic N) is 2. The number of benzene rings is 1. The van der Waals surface area contributed by atoms with Crippen LogP contribution >= 0.6 is 0 Å². The van der Waals surface area contributed by atoms with Crippen LogP contribution in [0.4, 0.5) is 18.9 Å². The maximum atomic E-state index is 12.8. The van der Waals surface area contributed by atoms with Crippen LogP contribution in [-0.2, 0) is 21.2 Å². The lowest BCUT2D eigenvalue weighted by Gasteiger charge is -2.25. The zero-order valence-corrected chi connectivity index (χ0v) is 14.2. The summed E-state index contributed by atoms with van der Waals surface area (Å²) in [7, 11) is -3.44. The molecule has 1 amide bonds. The highest BCUT2D eigenvalue weighted by atomic mass is 32.2. The molecule has 1 unspecified atom stereocenters. The molecule has 11 heteroatoms. The molecule has 1 atom stereocenters. The van der Waals surface area contributed by atoms with E-state index in [9.17, 15) is 36.5 Å². The number of alkyl halides is 3. The fourth-order valence-corrected chi connectivity index (χ4v) is 4.00. The molecule has 0 saturated heterocycles. The second-order valence-corrected chi connectivity index (χ2v) is 7.80. The monoisotopic (exact) mass is 392 g/mol. The third-order valence-corrected chi connectivity index (χ3v) is 5.18. The molecule has 0 radical (unpaired) electrons. The van der Waals surface area contributed by atoms with Gasteiger partial charge < -0.3 is 4.90 Å². The summed E-state index contributed by atoms with van der Waals surface area (Å²) < 4.78 is 61.2.